The molecule has 1 amide bonds. The van der Waals surface area contributed by atoms with E-state index in [1.54, 1.807) is 11.3 Å². The second-order valence-electron chi connectivity index (χ2n) is 6.15. The van der Waals surface area contributed by atoms with E-state index in [0.29, 0.717) is 19.6 Å². The number of carboxylic acids is 1. The van der Waals surface area contributed by atoms with E-state index in [1.807, 2.05) is 0 Å². The van der Waals surface area contributed by atoms with Crippen molar-refractivity contribution in [1.82, 2.24) is 5.32 Å². The summed E-state index contributed by atoms with van der Waals surface area (Å²) in [6.07, 6.45) is 3.57. The first-order valence-electron chi connectivity index (χ1n) is 8.13. The maximum Gasteiger partial charge on any atom is 0.326 e. The zero-order chi connectivity index (χ0) is 16.8. The van der Waals surface area contributed by atoms with Crippen molar-refractivity contribution >= 4 is 23.2 Å². The van der Waals surface area contributed by atoms with Gasteiger partial charge in [-0.05, 0) is 51.2 Å². The second kappa shape index (κ2) is 8.45. The Morgan fingerprint density at radius 3 is 2.83 bits per heavy atom. The first-order valence-corrected chi connectivity index (χ1v) is 8.95. The van der Waals surface area contributed by atoms with Gasteiger partial charge < -0.3 is 15.2 Å². The van der Waals surface area contributed by atoms with Crippen molar-refractivity contribution in [1.29, 1.82) is 0 Å². The highest BCUT2D eigenvalue weighted by atomic mass is 32.1. The molecule has 23 heavy (non-hydrogen) atoms. The molecular weight excluding hydrogens is 314 g/mol. The number of ether oxygens (including phenoxy) is 1. The number of aryl methyl sites for hydroxylation is 3. The van der Waals surface area contributed by atoms with Crippen LogP contribution in [0.3, 0.4) is 0 Å². The molecule has 1 aliphatic heterocycles. The summed E-state index contributed by atoms with van der Waals surface area (Å²) in [6, 6.07) is 1.32. The first kappa shape index (κ1) is 17.9. The number of hydrogen-bond acceptors (Lipinski definition) is 4. The number of thiophene rings is 1. The van der Waals surface area contributed by atoms with E-state index in [9.17, 15) is 14.7 Å². The minimum absolute atomic E-state index is 0.132. The summed E-state index contributed by atoms with van der Waals surface area (Å²) in [5, 5.41) is 12.0. The lowest BCUT2D eigenvalue weighted by molar-refractivity contribution is -0.145. The lowest BCUT2D eigenvalue weighted by atomic mass is 9.93. The predicted octanol–water partition coefficient (Wildman–Crippen LogP) is 2.68. The van der Waals surface area contributed by atoms with Crippen LogP contribution in [0.1, 0.15) is 41.0 Å². The Morgan fingerprint density at radius 1 is 1.48 bits per heavy atom. The number of hydrogen-bond donors (Lipinski definition) is 2. The molecule has 0 radical (unpaired) electrons. The van der Waals surface area contributed by atoms with Gasteiger partial charge in [-0.1, -0.05) is 0 Å². The first-order chi connectivity index (χ1) is 11.0. The number of carbonyl (C=O) groups is 2. The summed E-state index contributed by atoms with van der Waals surface area (Å²) >= 11 is 1.77. The van der Waals surface area contributed by atoms with Crippen LogP contribution in [0.5, 0.6) is 0 Å². The van der Waals surface area contributed by atoms with Gasteiger partial charge in [-0.2, -0.15) is 0 Å². The Hall–Kier alpha value is -1.40. The highest BCUT2D eigenvalue weighted by Gasteiger charge is 2.31. The van der Waals surface area contributed by atoms with Gasteiger partial charge in [0.05, 0.1) is 6.61 Å². The molecule has 1 fully saturated rings. The molecule has 0 bridgehead atoms. The maximum absolute atomic E-state index is 12.1. The highest BCUT2D eigenvalue weighted by Crippen LogP contribution is 2.22. The summed E-state index contributed by atoms with van der Waals surface area (Å²) in [4.78, 5) is 26.1. The Kier molecular flexibility index (Phi) is 6.59. The minimum Gasteiger partial charge on any atom is -0.480 e. The van der Waals surface area contributed by atoms with E-state index in [1.165, 1.54) is 15.3 Å². The normalized spacial score (nSPS) is 19.3. The van der Waals surface area contributed by atoms with Gasteiger partial charge in [0.1, 0.15) is 6.04 Å². The average molecular weight is 339 g/mol. The summed E-state index contributed by atoms with van der Waals surface area (Å²) < 4.78 is 5.34. The molecule has 2 N–H and O–H groups in total. The number of amides is 1. The molecule has 2 rings (SSSR count). The van der Waals surface area contributed by atoms with Crippen molar-refractivity contribution in [3.63, 3.8) is 0 Å². The molecule has 2 atom stereocenters. The Balaban J connectivity index is 1.79. The largest absolute Gasteiger partial charge is 0.480 e. The van der Waals surface area contributed by atoms with E-state index in [4.69, 9.17) is 4.74 Å². The number of nitrogens with one attached hydrogen (secondary N) is 1. The molecule has 2 unspecified atom stereocenters. The van der Waals surface area contributed by atoms with Gasteiger partial charge in [0.15, 0.2) is 0 Å². The molecule has 128 valence electrons. The molecule has 0 spiro atoms. The molecule has 0 aliphatic carbocycles. The van der Waals surface area contributed by atoms with Crippen LogP contribution in [0.25, 0.3) is 0 Å². The summed E-state index contributed by atoms with van der Waals surface area (Å²) in [6.45, 7) is 5.26. The molecule has 0 aromatic carbocycles. The molecule has 6 heteroatoms. The van der Waals surface area contributed by atoms with Crippen molar-refractivity contribution < 1.29 is 19.4 Å². The van der Waals surface area contributed by atoms with Crippen LogP contribution in [0.4, 0.5) is 0 Å². The van der Waals surface area contributed by atoms with Gasteiger partial charge in [0.25, 0.3) is 0 Å². The molecule has 2 heterocycles. The monoisotopic (exact) mass is 339 g/mol. The molecule has 1 saturated heterocycles. The van der Waals surface area contributed by atoms with E-state index in [2.05, 4.69) is 25.2 Å². The molecule has 5 nitrogen and oxygen atoms in total. The van der Waals surface area contributed by atoms with Crippen LogP contribution >= 0.6 is 11.3 Å². The molecular formula is C17H25NO4S. The standard InChI is InChI=1S/C17H25NO4S/c1-11-9-13(12(2)23-11)5-3-7-15(19)18-16(17(20)21)14-6-4-8-22-10-14/h9,14,16H,3-8,10H2,1-2H3,(H,18,19)(H,20,21). The number of aliphatic carboxylic acids is 1. The van der Waals surface area contributed by atoms with Gasteiger partial charge >= 0.3 is 5.97 Å². The Bertz CT molecular complexity index is 549. The third-order valence-electron chi connectivity index (χ3n) is 4.24. The lowest BCUT2D eigenvalue weighted by Gasteiger charge is -2.28. The van der Waals surface area contributed by atoms with E-state index in [0.717, 1.165) is 25.7 Å². The van der Waals surface area contributed by atoms with E-state index < -0.39 is 12.0 Å². The van der Waals surface area contributed by atoms with Crippen molar-refractivity contribution in [3.05, 3.63) is 21.4 Å². The van der Waals surface area contributed by atoms with Crippen LogP contribution in [0.2, 0.25) is 0 Å². The van der Waals surface area contributed by atoms with E-state index >= 15 is 0 Å². The van der Waals surface area contributed by atoms with Crippen LogP contribution in [0, 0.1) is 19.8 Å². The smallest absolute Gasteiger partial charge is 0.326 e. The summed E-state index contributed by atoms with van der Waals surface area (Å²) in [7, 11) is 0. The molecule has 1 aliphatic rings. The van der Waals surface area contributed by atoms with Crippen molar-refractivity contribution in [2.45, 2.75) is 52.0 Å². The average Bonchev–Trinajstić information content (AvgIpc) is 2.83. The fourth-order valence-corrected chi connectivity index (χ4v) is 4.00. The maximum atomic E-state index is 12.1. The fraction of sp³-hybridized carbons (Fsp3) is 0.647. The number of carbonyl (C=O) groups excluding carboxylic acids is 1. The third-order valence-corrected chi connectivity index (χ3v) is 5.25. The molecule has 0 saturated carbocycles. The van der Waals surface area contributed by atoms with Crippen molar-refractivity contribution in [2.24, 2.45) is 5.92 Å². The van der Waals surface area contributed by atoms with Gasteiger partial charge in [0, 0.05) is 28.7 Å². The van der Waals surface area contributed by atoms with Crippen LogP contribution in [-0.2, 0) is 20.7 Å². The fourth-order valence-electron chi connectivity index (χ4n) is 3.03. The van der Waals surface area contributed by atoms with Crippen LogP contribution in [0.15, 0.2) is 6.07 Å². The van der Waals surface area contributed by atoms with E-state index in [-0.39, 0.29) is 11.8 Å². The van der Waals surface area contributed by atoms with Gasteiger partial charge in [0.2, 0.25) is 5.91 Å². The zero-order valence-electron chi connectivity index (χ0n) is 13.8. The highest BCUT2D eigenvalue weighted by molar-refractivity contribution is 7.12. The van der Waals surface area contributed by atoms with Crippen LogP contribution < -0.4 is 5.32 Å². The summed E-state index contributed by atoms with van der Waals surface area (Å²) in [5.41, 5.74) is 1.29. The molecule has 1 aromatic heterocycles. The van der Waals surface area contributed by atoms with Crippen molar-refractivity contribution in [3.8, 4) is 0 Å². The van der Waals surface area contributed by atoms with Gasteiger partial charge in [-0.15, -0.1) is 11.3 Å². The lowest BCUT2D eigenvalue weighted by Crippen LogP contribution is -2.48. The number of carboxylic acid groups (broad SMARTS) is 1. The van der Waals surface area contributed by atoms with Gasteiger partial charge in [-0.3, -0.25) is 4.79 Å². The second-order valence-corrected chi connectivity index (χ2v) is 7.61. The van der Waals surface area contributed by atoms with Gasteiger partial charge in [-0.25, -0.2) is 4.79 Å². The van der Waals surface area contributed by atoms with Crippen LogP contribution in [-0.4, -0.2) is 36.2 Å². The predicted molar refractivity (Wildman–Crippen MR) is 89.8 cm³/mol. The number of rotatable bonds is 7. The zero-order valence-corrected chi connectivity index (χ0v) is 14.6. The summed E-state index contributed by atoms with van der Waals surface area (Å²) in [5.74, 6) is -1.29. The quantitative estimate of drug-likeness (QED) is 0.801. The third kappa shape index (κ3) is 5.32. The minimum atomic E-state index is -0.974. The topological polar surface area (TPSA) is 75.6 Å². The SMILES string of the molecule is Cc1cc(CCCC(=O)NC(C(=O)O)C2CCCOC2)c(C)s1. The van der Waals surface area contributed by atoms with Crippen molar-refractivity contribution in [2.75, 3.05) is 13.2 Å². The Labute approximate surface area is 141 Å². The molecule has 1 aromatic rings. The Morgan fingerprint density at radius 2 is 2.26 bits per heavy atom.